The minimum Gasteiger partial charge on any atom is -0.302 e. The molecule has 1 aliphatic rings. The average Bonchev–Trinajstić information content (AvgIpc) is 2.15. The van der Waals surface area contributed by atoms with Gasteiger partial charge in [0.25, 0.3) is 0 Å². The molecule has 1 aliphatic heterocycles. The Kier molecular flexibility index (Phi) is 4.11. The second kappa shape index (κ2) is 4.94. The molecule has 1 amide bonds. The van der Waals surface area contributed by atoms with Crippen molar-refractivity contribution in [3.8, 4) is 0 Å². The number of hydrogen-bond donors (Lipinski definition) is 2. The Morgan fingerprint density at radius 2 is 2.27 bits per heavy atom. The van der Waals surface area contributed by atoms with Crippen molar-refractivity contribution < 1.29 is 4.79 Å². The molecule has 1 fully saturated rings. The summed E-state index contributed by atoms with van der Waals surface area (Å²) < 4.78 is 0. The number of carbonyl (C=O) groups excluding carboxylic acids is 1. The van der Waals surface area contributed by atoms with Crippen LogP contribution >= 0.6 is 0 Å². The summed E-state index contributed by atoms with van der Waals surface area (Å²) in [4.78, 5) is 13.9. The van der Waals surface area contributed by atoms with Crippen LogP contribution in [-0.2, 0) is 4.79 Å². The fourth-order valence-corrected chi connectivity index (χ4v) is 2.26. The molecule has 0 bridgehead atoms. The van der Waals surface area contributed by atoms with Crippen molar-refractivity contribution in [2.24, 2.45) is 17.2 Å². The molecule has 1 heterocycles. The molecule has 1 atom stereocenters. The SMILES string of the molecule is CC1CCCN(CC(C)(C)C(=O)NN)C1. The molecule has 0 radical (unpaired) electrons. The van der Waals surface area contributed by atoms with Crippen LogP contribution in [0.2, 0.25) is 0 Å². The molecule has 1 unspecified atom stereocenters. The fraction of sp³-hybridized carbons (Fsp3) is 0.909. The first-order valence-corrected chi connectivity index (χ1v) is 5.69. The number of carbonyl (C=O) groups is 1. The summed E-state index contributed by atoms with van der Waals surface area (Å²) in [6.45, 7) is 9.14. The van der Waals surface area contributed by atoms with Crippen molar-refractivity contribution in [2.45, 2.75) is 33.6 Å². The Morgan fingerprint density at radius 3 is 2.80 bits per heavy atom. The first-order valence-electron chi connectivity index (χ1n) is 5.69. The van der Waals surface area contributed by atoms with Crippen molar-refractivity contribution >= 4 is 5.91 Å². The first-order chi connectivity index (χ1) is 6.95. The minimum absolute atomic E-state index is 0.0827. The maximum absolute atomic E-state index is 11.5. The normalized spacial score (nSPS) is 23.9. The molecule has 0 aromatic carbocycles. The van der Waals surface area contributed by atoms with E-state index in [9.17, 15) is 4.79 Å². The Bertz CT molecular complexity index is 228. The summed E-state index contributed by atoms with van der Waals surface area (Å²) in [6, 6.07) is 0. The minimum atomic E-state index is -0.397. The van der Waals surface area contributed by atoms with Crippen molar-refractivity contribution in [1.82, 2.24) is 10.3 Å². The second-order valence-electron chi connectivity index (χ2n) is 5.34. The Hall–Kier alpha value is -0.610. The van der Waals surface area contributed by atoms with Crippen molar-refractivity contribution in [3.05, 3.63) is 0 Å². The lowest BCUT2D eigenvalue weighted by Crippen LogP contribution is -2.49. The molecule has 1 saturated heterocycles. The van der Waals surface area contributed by atoms with Crippen LogP contribution < -0.4 is 11.3 Å². The van der Waals surface area contributed by atoms with Crippen LogP contribution in [0.5, 0.6) is 0 Å². The van der Waals surface area contributed by atoms with Gasteiger partial charge in [0.05, 0.1) is 5.41 Å². The Balaban J connectivity index is 2.49. The van der Waals surface area contributed by atoms with Gasteiger partial charge in [-0.2, -0.15) is 0 Å². The van der Waals surface area contributed by atoms with E-state index in [1.54, 1.807) is 0 Å². The number of piperidine rings is 1. The first kappa shape index (κ1) is 12.5. The molecule has 0 saturated carbocycles. The molecular formula is C11H23N3O. The molecule has 0 aliphatic carbocycles. The van der Waals surface area contributed by atoms with Crippen LogP contribution in [0.15, 0.2) is 0 Å². The van der Waals surface area contributed by atoms with E-state index in [0.29, 0.717) is 0 Å². The van der Waals surface area contributed by atoms with Gasteiger partial charge in [0, 0.05) is 13.1 Å². The lowest BCUT2D eigenvalue weighted by Gasteiger charge is -2.36. The van der Waals surface area contributed by atoms with Gasteiger partial charge in [-0.1, -0.05) is 6.92 Å². The summed E-state index contributed by atoms with van der Waals surface area (Å²) in [7, 11) is 0. The molecule has 0 spiro atoms. The molecule has 0 aromatic heterocycles. The largest absolute Gasteiger partial charge is 0.302 e. The van der Waals surface area contributed by atoms with E-state index in [1.807, 2.05) is 13.8 Å². The highest BCUT2D eigenvalue weighted by Crippen LogP contribution is 2.22. The van der Waals surface area contributed by atoms with Crippen LogP contribution in [0.4, 0.5) is 0 Å². The van der Waals surface area contributed by atoms with Crippen LogP contribution in [0.25, 0.3) is 0 Å². The Labute approximate surface area is 92.2 Å². The highest BCUT2D eigenvalue weighted by Gasteiger charge is 2.30. The van der Waals surface area contributed by atoms with Crippen LogP contribution in [0.1, 0.15) is 33.6 Å². The second-order valence-corrected chi connectivity index (χ2v) is 5.34. The molecule has 0 aromatic rings. The van der Waals surface area contributed by atoms with Crippen LogP contribution in [0, 0.1) is 11.3 Å². The predicted octanol–water partition coefficient (Wildman–Crippen LogP) is 0.734. The number of amides is 1. The zero-order valence-corrected chi connectivity index (χ0v) is 10.0. The highest BCUT2D eigenvalue weighted by atomic mass is 16.2. The predicted molar refractivity (Wildman–Crippen MR) is 60.9 cm³/mol. The molecule has 1 rings (SSSR count). The molecule has 15 heavy (non-hydrogen) atoms. The van der Waals surface area contributed by atoms with E-state index in [2.05, 4.69) is 17.2 Å². The Morgan fingerprint density at radius 1 is 1.60 bits per heavy atom. The zero-order valence-electron chi connectivity index (χ0n) is 10.0. The summed E-state index contributed by atoms with van der Waals surface area (Å²) in [5.74, 6) is 5.84. The maximum atomic E-state index is 11.5. The summed E-state index contributed by atoms with van der Waals surface area (Å²) in [5, 5.41) is 0. The van der Waals surface area contributed by atoms with Gasteiger partial charge in [-0.25, -0.2) is 5.84 Å². The van der Waals surface area contributed by atoms with E-state index in [1.165, 1.54) is 12.8 Å². The number of nitrogens with one attached hydrogen (secondary N) is 1. The van der Waals surface area contributed by atoms with Gasteiger partial charge in [-0.3, -0.25) is 10.2 Å². The van der Waals surface area contributed by atoms with E-state index in [4.69, 9.17) is 5.84 Å². The van der Waals surface area contributed by atoms with Crippen LogP contribution in [-0.4, -0.2) is 30.4 Å². The third-order valence-corrected chi connectivity index (χ3v) is 3.11. The summed E-state index contributed by atoms with van der Waals surface area (Å²) >= 11 is 0. The smallest absolute Gasteiger partial charge is 0.240 e. The van der Waals surface area contributed by atoms with Gasteiger partial charge in [-0.05, 0) is 39.2 Å². The average molecular weight is 213 g/mol. The number of rotatable bonds is 3. The third-order valence-electron chi connectivity index (χ3n) is 3.11. The molecule has 4 nitrogen and oxygen atoms in total. The molecule has 4 heteroatoms. The van der Waals surface area contributed by atoms with E-state index < -0.39 is 5.41 Å². The maximum Gasteiger partial charge on any atom is 0.240 e. The van der Waals surface area contributed by atoms with Crippen molar-refractivity contribution in [2.75, 3.05) is 19.6 Å². The molecule has 88 valence electrons. The standard InChI is InChI=1S/C11H23N3O/c1-9-5-4-6-14(7-9)8-11(2,3)10(15)13-12/h9H,4-8,12H2,1-3H3,(H,13,15). The van der Waals surface area contributed by atoms with Gasteiger partial charge in [-0.15, -0.1) is 0 Å². The third kappa shape index (κ3) is 3.47. The van der Waals surface area contributed by atoms with E-state index in [0.717, 1.165) is 25.6 Å². The van der Waals surface area contributed by atoms with Crippen molar-refractivity contribution in [1.29, 1.82) is 0 Å². The topological polar surface area (TPSA) is 58.4 Å². The molecule has 3 N–H and O–H groups in total. The van der Waals surface area contributed by atoms with Gasteiger partial charge in [0.2, 0.25) is 5.91 Å². The van der Waals surface area contributed by atoms with E-state index in [-0.39, 0.29) is 5.91 Å². The van der Waals surface area contributed by atoms with E-state index >= 15 is 0 Å². The lowest BCUT2D eigenvalue weighted by atomic mass is 9.90. The summed E-state index contributed by atoms with van der Waals surface area (Å²) in [5.41, 5.74) is 1.84. The number of nitrogens with zero attached hydrogens (tertiary/aromatic N) is 1. The zero-order chi connectivity index (χ0) is 11.5. The highest BCUT2D eigenvalue weighted by molar-refractivity contribution is 5.81. The summed E-state index contributed by atoms with van der Waals surface area (Å²) in [6.07, 6.45) is 2.54. The van der Waals surface area contributed by atoms with Gasteiger partial charge >= 0.3 is 0 Å². The van der Waals surface area contributed by atoms with Crippen molar-refractivity contribution in [3.63, 3.8) is 0 Å². The van der Waals surface area contributed by atoms with Gasteiger partial charge in [0.1, 0.15) is 0 Å². The van der Waals surface area contributed by atoms with Gasteiger partial charge < -0.3 is 4.90 Å². The quantitative estimate of drug-likeness (QED) is 0.413. The lowest BCUT2D eigenvalue weighted by molar-refractivity contribution is -0.130. The van der Waals surface area contributed by atoms with Gasteiger partial charge in [0.15, 0.2) is 0 Å². The monoisotopic (exact) mass is 213 g/mol. The molecular weight excluding hydrogens is 190 g/mol. The number of hydrazine groups is 1. The fourth-order valence-electron chi connectivity index (χ4n) is 2.26. The number of nitrogens with two attached hydrogens (primary N) is 1. The van der Waals surface area contributed by atoms with Crippen LogP contribution in [0.3, 0.4) is 0 Å². The number of hydrogen-bond acceptors (Lipinski definition) is 3. The number of likely N-dealkylation sites (tertiary alicyclic amines) is 1.